The summed E-state index contributed by atoms with van der Waals surface area (Å²) in [5.74, 6) is 0.0854. The second kappa shape index (κ2) is 7.54. The van der Waals surface area contributed by atoms with Gasteiger partial charge in [0.1, 0.15) is 5.69 Å². The van der Waals surface area contributed by atoms with E-state index in [2.05, 4.69) is 94.9 Å². The van der Waals surface area contributed by atoms with Crippen molar-refractivity contribution < 1.29 is 0 Å². The van der Waals surface area contributed by atoms with Crippen LogP contribution in [0.1, 0.15) is 51.0 Å². The molecule has 168 valence electrons. The molecule has 1 aliphatic rings. The van der Waals surface area contributed by atoms with Crippen molar-refractivity contribution in [2.45, 2.75) is 18.8 Å². The Bertz CT molecular complexity index is 1720. The molecule has 0 bridgehead atoms. The molecule has 0 radical (unpaired) electrons. The largest absolute Gasteiger partial charge is 0.357 e. The number of aromatic nitrogens is 2. The number of nitrogens with zero attached hydrogens (tertiary/aromatic N) is 1. The normalized spacial score (nSPS) is 16.8. The van der Waals surface area contributed by atoms with E-state index in [1.54, 1.807) is 0 Å². The van der Waals surface area contributed by atoms with Crippen LogP contribution in [0.15, 0.2) is 102 Å². The van der Waals surface area contributed by atoms with Crippen LogP contribution in [0.5, 0.6) is 0 Å². The van der Waals surface area contributed by atoms with Gasteiger partial charge in [0.05, 0.1) is 11.8 Å². The molecule has 2 atom stereocenters. The zero-order chi connectivity index (χ0) is 23.5. The highest BCUT2D eigenvalue weighted by Crippen LogP contribution is 2.52. The third kappa shape index (κ3) is 2.93. The summed E-state index contributed by atoms with van der Waals surface area (Å²) in [5.41, 5.74) is 11.4. The van der Waals surface area contributed by atoms with Crippen molar-refractivity contribution in [2.24, 2.45) is 5.18 Å². The number of benzene rings is 4. The number of hydrogen-bond donors (Lipinski definition) is 2. The van der Waals surface area contributed by atoms with Crippen molar-refractivity contribution in [3.8, 4) is 0 Å². The number of nitrogens with one attached hydrogen (secondary N) is 2. The Morgan fingerprint density at radius 2 is 1.06 bits per heavy atom. The van der Waals surface area contributed by atoms with E-state index in [-0.39, 0.29) is 11.8 Å². The summed E-state index contributed by atoms with van der Waals surface area (Å²) >= 11 is 0. The van der Waals surface area contributed by atoms with Crippen LogP contribution < -0.4 is 0 Å². The third-order valence-corrected chi connectivity index (χ3v) is 7.45. The highest BCUT2D eigenvalue weighted by Gasteiger charge is 2.39. The molecule has 0 saturated carbocycles. The summed E-state index contributed by atoms with van der Waals surface area (Å²) in [6.45, 7) is 2.13. The summed E-state index contributed by atoms with van der Waals surface area (Å²) < 4.78 is 0. The number of fused-ring (bicyclic) bond motifs is 6. The number of rotatable bonds is 3. The van der Waals surface area contributed by atoms with Gasteiger partial charge < -0.3 is 9.97 Å². The average molecular weight is 454 g/mol. The van der Waals surface area contributed by atoms with Crippen molar-refractivity contribution in [3.05, 3.63) is 141 Å². The van der Waals surface area contributed by atoms with Crippen LogP contribution in [0.2, 0.25) is 0 Å². The van der Waals surface area contributed by atoms with Gasteiger partial charge in [-0.2, -0.15) is 0 Å². The second-order valence-corrected chi connectivity index (χ2v) is 9.46. The standard InChI is InChI=1S/C31H23N3O/c1-18-10-12-19(13-11-18)26-28-22-6-2-4-8-24(22)33-31(28)27(20-14-16-21(34-35)17-15-20)29-23-7-3-5-9-25(23)32-30(26)29/h2-17,26-27,32-33H,1H3. The minimum atomic E-state index is 0.00551. The lowest BCUT2D eigenvalue weighted by molar-refractivity contribution is 0.801. The highest BCUT2D eigenvalue weighted by molar-refractivity contribution is 5.93. The zero-order valence-electron chi connectivity index (χ0n) is 19.2. The van der Waals surface area contributed by atoms with Gasteiger partial charge in [0.15, 0.2) is 0 Å². The van der Waals surface area contributed by atoms with Crippen LogP contribution in [0.25, 0.3) is 21.8 Å². The van der Waals surface area contributed by atoms with Gasteiger partial charge in [-0.25, -0.2) is 0 Å². The molecule has 2 heterocycles. The molecule has 1 aliphatic carbocycles. The minimum Gasteiger partial charge on any atom is -0.357 e. The van der Waals surface area contributed by atoms with Gasteiger partial charge in [-0.3, -0.25) is 0 Å². The summed E-state index contributed by atoms with van der Waals surface area (Å²) in [6, 6.07) is 33.7. The van der Waals surface area contributed by atoms with Crippen molar-refractivity contribution >= 4 is 27.5 Å². The van der Waals surface area contributed by atoms with Gasteiger partial charge >= 0.3 is 0 Å². The topological polar surface area (TPSA) is 61.0 Å². The van der Waals surface area contributed by atoms with E-state index in [1.807, 2.05) is 24.3 Å². The Morgan fingerprint density at radius 1 is 0.600 bits per heavy atom. The number of hydrogen-bond acceptors (Lipinski definition) is 2. The molecule has 0 fully saturated rings. The van der Waals surface area contributed by atoms with Gasteiger partial charge in [0.2, 0.25) is 0 Å². The number of nitroso groups, excluding NO2 is 1. The number of H-pyrrole nitrogens is 2. The quantitative estimate of drug-likeness (QED) is 0.261. The summed E-state index contributed by atoms with van der Waals surface area (Å²) in [6.07, 6.45) is 0. The van der Waals surface area contributed by atoms with Gasteiger partial charge in [0.25, 0.3) is 0 Å². The molecule has 6 aromatic rings. The smallest absolute Gasteiger partial charge is 0.108 e. The summed E-state index contributed by atoms with van der Waals surface area (Å²) in [7, 11) is 0. The maximum atomic E-state index is 11.1. The molecule has 2 aromatic heterocycles. The first-order valence-electron chi connectivity index (χ1n) is 11.9. The number of aryl methyl sites for hydroxylation is 1. The lowest BCUT2D eigenvalue weighted by atomic mass is 9.72. The van der Waals surface area contributed by atoms with Crippen molar-refractivity contribution in [1.29, 1.82) is 0 Å². The number of aromatic amines is 2. The monoisotopic (exact) mass is 453 g/mol. The van der Waals surface area contributed by atoms with E-state index in [0.717, 1.165) is 16.6 Å². The molecule has 35 heavy (non-hydrogen) atoms. The Kier molecular flexibility index (Phi) is 4.30. The SMILES string of the molecule is Cc1ccc(C2c3[nH]c4ccccc4c3C(c3ccc(N=O)cc3)c3[nH]c4ccccc4c32)cc1. The van der Waals surface area contributed by atoms with E-state index < -0.39 is 0 Å². The van der Waals surface area contributed by atoms with E-state index in [0.29, 0.717) is 5.69 Å². The first-order valence-corrected chi connectivity index (χ1v) is 11.9. The molecule has 0 amide bonds. The maximum absolute atomic E-state index is 11.1. The fourth-order valence-corrected chi connectivity index (χ4v) is 5.89. The lowest BCUT2D eigenvalue weighted by Crippen LogP contribution is -2.19. The summed E-state index contributed by atoms with van der Waals surface area (Å²) in [5, 5.41) is 5.59. The first-order chi connectivity index (χ1) is 17.2. The molecule has 2 N–H and O–H groups in total. The second-order valence-electron chi connectivity index (χ2n) is 9.46. The van der Waals surface area contributed by atoms with Crippen molar-refractivity contribution in [1.82, 2.24) is 9.97 Å². The predicted molar refractivity (Wildman–Crippen MR) is 142 cm³/mol. The molecular formula is C31H23N3O. The first kappa shape index (κ1) is 20.0. The molecule has 0 saturated heterocycles. The van der Waals surface area contributed by atoms with E-state index >= 15 is 0 Å². The minimum absolute atomic E-state index is 0.00551. The molecule has 0 aliphatic heterocycles. The Hall–Kier alpha value is -4.44. The lowest BCUT2D eigenvalue weighted by Gasteiger charge is -2.31. The predicted octanol–water partition coefficient (Wildman–Crippen LogP) is 8.03. The molecular weight excluding hydrogens is 430 g/mol. The van der Waals surface area contributed by atoms with E-state index in [4.69, 9.17) is 0 Å². The van der Waals surface area contributed by atoms with Crippen LogP contribution in [-0.2, 0) is 0 Å². The average Bonchev–Trinajstić information content (AvgIpc) is 3.47. The van der Waals surface area contributed by atoms with Crippen molar-refractivity contribution in [2.75, 3.05) is 0 Å². The van der Waals surface area contributed by atoms with Gasteiger partial charge in [-0.05, 0) is 58.6 Å². The molecule has 4 heteroatoms. The fourth-order valence-electron chi connectivity index (χ4n) is 5.89. The van der Waals surface area contributed by atoms with Crippen LogP contribution in [-0.4, -0.2) is 9.97 Å². The third-order valence-electron chi connectivity index (χ3n) is 7.45. The van der Waals surface area contributed by atoms with Crippen LogP contribution in [0.4, 0.5) is 5.69 Å². The van der Waals surface area contributed by atoms with Crippen molar-refractivity contribution in [3.63, 3.8) is 0 Å². The van der Waals surface area contributed by atoms with Gasteiger partial charge in [-0.15, -0.1) is 4.91 Å². The molecule has 2 unspecified atom stereocenters. The fraction of sp³-hybridized carbons (Fsp3) is 0.0968. The Labute approximate surface area is 202 Å². The molecule has 7 rings (SSSR count). The van der Waals surface area contributed by atoms with Crippen LogP contribution in [0, 0.1) is 11.8 Å². The maximum Gasteiger partial charge on any atom is 0.108 e. The molecule has 0 spiro atoms. The zero-order valence-corrected chi connectivity index (χ0v) is 19.2. The summed E-state index contributed by atoms with van der Waals surface area (Å²) in [4.78, 5) is 18.7. The highest BCUT2D eigenvalue weighted by atomic mass is 16.3. The molecule has 4 aromatic carbocycles. The van der Waals surface area contributed by atoms with Crippen LogP contribution >= 0.6 is 0 Å². The Balaban J connectivity index is 1.60. The molecule has 4 nitrogen and oxygen atoms in total. The van der Waals surface area contributed by atoms with E-state index in [1.165, 1.54) is 44.4 Å². The van der Waals surface area contributed by atoms with Gasteiger partial charge in [-0.1, -0.05) is 78.4 Å². The van der Waals surface area contributed by atoms with Crippen LogP contribution in [0.3, 0.4) is 0 Å². The van der Waals surface area contributed by atoms with Gasteiger partial charge in [0, 0.05) is 33.2 Å². The van der Waals surface area contributed by atoms with E-state index in [9.17, 15) is 4.91 Å². The number of para-hydroxylation sites is 2. The Morgan fingerprint density at radius 3 is 1.54 bits per heavy atom.